The smallest absolute Gasteiger partial charge is 0.135 e. The van der Waals surface area contributed by atoms with Gasteiger partial charge in [-0.05, 0) is 42.3 Å². The summed E-state index contributed by atoms with van der Waals surface area (Å²) in [6.07, 6.45) is 0. The van der Waals surface area contributed by atoms with Crippen molar-refractivity contribution < 1.29 is 4.42 Å². The van der Waals surface area contributed by atoms with E-state index in [1.54, 1.807) is 0 Å². The third-order valence-corrected chi connectivity index (χ3v) is 4.76. The van der Waals surface area contributed by atoms with Gasteiger partial charge in [-0.2, -0.15) is 0 Å². The molecule has 4 heteroatoms. The van der Waals surface area contributed by atoms with E-state index >= 15 is 0 Å². The van der Waals surface area contributed by atoms with Crippen LogP contribution in [0.25, 0.3) is 22.1 Å². The van der Waals surface area contributed by atoms with Crippen LogP contribution in [0.1, 0.15) is 16.9 Å². The topological polar surface area (TPSA) is 25.2 Å². The zero-order valence-electron chi connectivity index (χ0n) is 15.0. The molecule has 0 bridgehead atoms. The summed E-state index contributed by atoms with van der Waals surface area (Å²) in [7, 11) is 0. The number of halogens is 2. The van der Waals surface area contributed by atoms with E-state index < -0.39 is 0 Å². The van der Waals surface area contributed by atoms with Crippen molar-refractivity contribution in [3.63, 3.8) is 0 Å². The molecule has 1 heterocycles. The van der Waals surface area contributed by atoms with Gasteiger partial charge in [0, 0.05) is 22.5 Å². The van der Waals surface area contributed by atoms with Crippen molar-refractivity contribution in [2.75, 3.05) is 0 Å². The van der Waals surface area contributed by atoms with Gasteiger partial charge in [0.25, 0.3) is 0 Å². The van der Waals surface area contributed by atoms with Gasteiger partial charge in [-0.1, -0.05) is 65.7 Å². The first-order valence-corrected chi connectivity index (χ1v) is 9.11. The lowest BCUT2D eigenvalue weighted by Gasteiger charge is -2.06. The van der Waals surface area contributed by atoms with Gasteiger partial charge < -0.3 is 9.73 Å². The molecular weight excluding hydrogens is 377 g/mol. The quantitative estimate of drug-likeness (QED) is 0.401. The van der Waals surface area contributed by atoms with E-state index in [9.17, 15) is 0 Å². The van der Waals surface area contributed by atoms with Crippen LogP contribution in [-0.2, 0) is 13.1 Å². The van der Waals surface area contributed by atoms with Crippen LogP contribution < -0.4 is 5.32 Å². The number of hydrogen-bond donors (Lipinski definition) is 1. The molecule has 1 N–H and O–H groups in total. The molecule has 0 atom stereocenters. The molecule has 4 aromatic rings. The van der Waals surface area contributed by atoms with Gasteiger partial charge >= 0.3 is 0 Å². The summed E-state index contributed by atoms with van der Waals surface area (Å²) in [6.45, 7) is 3.57. The molecule has 4 rings (SSSR count). The summed E-state index contributed by atoms with van der Waals surface area (Å²) in [6, 6.07) is 24.6. The first kappa shape index (κ1) is 19.5. The number of aryl methyl sites for hydroxylation is 1. The molecule has 0 saturated heterocycles. The van der Waals surface area contributed by atoms with Gasteiger partial charge in [-0.15, -0.1) is 12.4 Å². The second-order valence-electron chi connectivity index (χ2n) is 6.50. The zero-order valence-corrected chi connectivity index (χ0v) is 16.6. The summed E-state index contributed by atoms with van der Waals surface area (Å²) in [5.74, 6) is 0.948. The fourth-order valence-electron chi connectivity index (χ4n) is 3.24. The molecule has 27 heavy (non-hydrogen) atoms. The summed E-state index contributed by atoms with van der Waals surface area (Å²) in [5.41, 5.74) is 5.65. The number of fused-ring (bicyclic) bond motifs is 1. The summed E-state index contributed by atoms with van der Waals surface area (Å²) >= 11 is 6.07. The maximum atomic E-state index is 6.18. The van der Waals surface area contributed by atoms with Crippen molar-refractivity contribution in [1.29, 1.82) is 0 Å². The van der Waals surface area contributed by atoms with E-state index in [0.717, 1.165) is 39.4 Å². The minimum atomic E-state index is 0. The van der Waals surface area contributed by atoms with E-state index in [2.05, 4.69) is 60.8 Å². The molecule has 0 aliphatic carbocycles. The van der Waals surface area contributed by atoms with Crippen molar-refractivity contribution >= 4 is 35.0 Å². The Morgan fingerprint density at radius 2 is 1.63 bits per heavy atom. The van der Waals surface area contributed by atoms with E-state index in [-0.39, 0.29) is 12.4 Å². The maximum Gasteiger partial charge on any atom is 0.135 e. The molecule has 2 nitrogen and oxygen atoms in total. The van der Waals surface area contributed by atoms with Crippen molar-refractivity contribution in [1.82, 2.24) is 5.32 Å². The minimum Gasteiger partial charge on any atom is -0.459 e. The molecule has 0 aliphatic rings. The molecular formula is C23H21Cl2NO. The predicted molar refractivity (Wildman–Crippen MR) is 116 cm³/mol. The van der Waals surface area contributed by atoms with Gasteiger partial charge in [0.2, 0.25) is 0 Å². The lowest BCUT2D eigenvalue weighted by atomic mass is 10.0. The highest BCUT2D eigenvalue weighted by Gasteiger charge is 2.16. The Hall–Kier alpha value is -2.26. The van der Waals surface area contributed by atoms with Crippen LogP contribution in [0.5, 0.6) is 0 Å². The lowest BCUT2D eigenvalue weighted by Crippen LogP contribution is -2.12. The highest BCUT2D eigenvalue weighted by atomic mass is 35.5. The summed E-state index contributed by atoms with van der Waals surface area (Å²) in [5, 5.41) is 5.38. The van der Waals surface area contributed by atoms with E-state index in [1.807, 2.05) is 24.3 Å². The third kappa shape index (κ3) is 4.36. The fourth-order valence-corrected chi connectivity index (χ4v) is 3.36. The maximum absolute atomic E-state index is 6.18. The van der Waals surface area contributed by atoms with E-state index in [4.69, 9.17) is 16.0 Å². The molecule has 1 aromatic heterocycles. The Morgan fingerprint density at radius 1 is 0.889 bits per heavy atom. The highest BCUT2D eigenvalue weighted by Crippen LogP contribution is 2.36. The molecule has 0 fully saturated rings. The average Bonchev–Trinajstić information content (AvgIpc) is 3.01. The number of benzene rings is 3. The molecule has 0 radical (unpaired) electrons. The van der Waals surface area contributed by atoms with Crippen LogP contribution in [0.15, 0.2) is 77.2 Å². The van der Waals surface area contributed by atoms with Crippen LogP contribution in [0.4, 0.5) is 0 Å². The highest BCUT2D eigenvalue weighted by molar-refractivity contribution is 6.30. The normalized spacial score (nSPS) is 10.7. The van der Waals surface area contributed by atoms with Gasteiger partial charge in [-0.25, -0.2) is 0 Å². The Morgan fingerprint density at radius 3 is 2.37 bits per heavy atom. The second kappa shape index (κ2) is 8.62. The van der Waals surface area contributed by atoms with Gasteiger partial charge in [0.05, 0.1) is 6.54 Å². The first-order valence-electron chi connectivity index (χ1n) is 8.73. The predicted octanol–water partition coefficient (Wildman–Crippen LogP) is 6.77. The molecule has 0 unspecified atom stereocenters. The molecule has 0 saturated carbocycles. The lowest BCUT2D eigenvalue weighted by molar-refractivity contribution is 0.515. The van der Waals surface area contributed by atoms with E-state index in [0.29, 0.717) is 6.54 Å². The average molecular weight is 398 g/mol. The first-order chi connectivity index (χ1) is 12.7. The SMILES string of the molecule is Cc1ccc2oc(CNCc3ccccc3)c(-c3ccc(Cl)cc3)c2c1.Cl. The summed E-state index contributed by atoms with van der Waals surface area (Å²) in [4.78, 5) is 0. The second-order valence-corrected chi connectivity index (χ2v) is 6.93. The van der Waals surface area contributed by atoms with Crippen LogP contribution in [0, 0.1) is 6.92 Å². The molecule has 138 valence electrons. The minimum absolute atomic E-state index is 0. The van der Waals surface area contributed by atoms with Gasteiger partial charge in [0.15, 0.2) is 0 Å². The fraction of sp³-hybridized carbons (Fsp3) is 0.130. The van der Waals surface area contributed by atoms with Crippen LogP contribution in [-0.4, -0.2) is 0 Å². The number of furan rings is 1. The molecule has 0 amide bonds. The van der Waals surface area contributed by atoms with Crippen molar-refractivity contribution in [3.8, 4) is 11.1 Å². The Bertz CT molecular complexity index is 1020. The number of rotatable bonds is 5. The van der Waals surface area contributed by atoms with Gasteiger partial charge in [-0.3, -0.25) is 0 Å². The Kier molecular flexibility index (Phi) is 6.22. The zero-order chi connectivity index (χ0) is 17.9. The van der Waals surface area contributed by atoms with Crippen LogP contribution in [0.2, 0.25) is 5.02 Å². The number of nitrogens with one attached hydrogen (secondary N) is 1. The van der Waals surface area contributed by atoms with E-state index in [1.165, 1.54) is 11.1 Å². The van der Waals surface area contributed by atoms with Crippen LogP contribution in [0.3, 0.4) is 0 Å². The number of hydrogen-bond acceptors (Lipinski definition) is 2. The summed E-state index contributed by atoms with van der Waals surface area (Å²) < 4.78 is 6.18. The molecule has 3 aromatic carbocycles. The largest absolute Gasteiger partial charge is 0.459 e. The van der Waals surface area contributed by atoms with Crippen LogP contribution >= 0.6 is 24.0 Å². The van der Waals surface area contributed by atoms with Crippen molar-refractivity contribution in [2.24, 2.45) is 0 Å². The molecule has 0 spiro atoms. The Balaban J connectivity index is 0.00000210. The molecule has 0 aliphatic heterocycles. The third-order valence-electron chi connectivity index (χ3n) is 4.51. The monoisotopic (exact) mass is 397 g/mol. The van der Waals surface area contributed by atoms with Crippen molar-refractivity contribution in [2.45, 2.75) is 20.0 Å². The van der Waals surface area contributed by atoms with Gasteiger partial charge in [0.1, 0.15) is 11.3 Å². The Labute approximate surface area is 170 Å². The van der Waals surface area contributed by atoms with Crippen molar-refractivity contribution in [3.05, 3.63) is 94.7 Å². The standard InChI is InChI=1S/C23H20ClNO.ClH/c1-16-7-12-21-20(13-16)23(18-8-10-19(24)11-9-18)22(26-21)15-25-14-17-5-3-2-4-6-17;/h2-13,25H,14-15H2,1H3;1H.